The number of amides is 3. The van der Waals surface area contributed by atoms with Crippen LogP contribution in [-0.4, -0.2) is 58.3 Å². The molecule has 3 heterocycles. The number of anilines is 1. The zero-order valence-corrected chi connectivity index (χ0v) is 17.4. The molecule has 158 valence electrons. The Morgan fingerprint density at radius 3 is 2.47 bits per heavy atom. The normalized spacial score (nSPS) is 19.7. The van der Waals surface area contributed by atoms with Gasteiger partial charge >= 0.3 is 0 Å². The van der Waals surface area contributed by atoms with Gasteiger partial charge in [-0.05, 0) is 49.3 Å². The molecule has 30 heavy (non-hydrogen) atoms. The van der Waals surface area contributed by atoms with Gasteiger partial charge in [-0.15, -0.1) is 11.3 Å². The number of para-hydroxylation sites is 2. The molecule has 0 radical (unpaired) electrons. The molecule has 1 aromatic heterocycles. The van der Waals surface area contributed by atoms with E-state index in [1.165, 1.54) is 17.4 Å². The van der Waals surface area contributed by atoms with E-state index in [4.69, 9.17) is 0 Å². The van der Waals surface area contributed by atoms with Crippen molar-refractivity contribution < 1.29 is 19.5 Å². The number of carbonyl (C=O) groups excluding carboxylic acids is 3. The molecule has 3 amide bonds. The van der Waals surface area contributed by atoms with Crippen LogP contribution in [0, 0.1) is 5.92 Å². The number of piperidine rings is 1. The van der Waals surface area contributed by atoms with Gasteiger partial charge in [0.1, 0.15) is 11.8 Å². The number of likely N-dealkylation sites (tertiary alicyclic amines) is 2. The van der Waals surface area contributed by atoms with Crippen LogP contribution in [0.25, 0.3) is 0 Å². The van der Waals surface area contributed by atoms with Crippen molar-refractivity contribution in [3.63, 3.8) is 0 Å². The van der Waals surface area contributed by atoms with Crippen molar-refractivity contribution in [1.82, 2.24) is 9.80 Å². The molecule has 1 atom stereocenters. The molecule has 1 unspecified atom stereocenters. The molecule has 2 aliphatic rings. The molecule has 0 saturated carbocycles. The lowest BCUT2D eigenvalue weighted by atomic mass is 9.95. The smallest absolute Gasteiger partial charge is 0.264 e. The molecule has 7 nitrogen and oxygen atoms in total. The first-order valence-electron chi connectivity index (χ1n) is 10.3. The van der Waals surface area contributed by atoms with E-state index in [2.05, 4.69) is 5.32 Å². The first kappa shape index (κ1) is 20.4. The Morgan fingerprint density at radius 2 is 1.77 bits per heavy atom. The number of hydrogen-bond donors (Lipinski definition) is 2. The van der Waals surface area contributed by atoms with Crippen LogP contribution in [0.2, 0.25) is 0 Å². The number of rotatable bonds is 4. The molecule has 2 saturated heterocycles. The molecule has 8 heteroatoms. The van der Waals surface area contributed by atoms with E-state index < -0.39 is 6.04 Å². The summed E-state index contributed by atoms with van der Waals surface area (Å²) in [6.07, 6.45) is 2.64. The summed E-state index contributed by atoms with van der Waals surface area (Å²) >= 11 is 1.39. The van der Waals surface area contributed by atoms with Crippen molar-refractivity contribution in [1.29, 1.82) is 0 Å². The van der Waals surface area contributed by atoms with Crippen LogP contribution < -0.4 is 5.32 Å². The maximum absolute atomic E-state index is 13.1. The minimum atomic E-state index is -0.411. The number of thiophene rings is 1. The molecule has 4 rings (SSSR count). The SMILES string of the molecule is O=C(Nc1ccccc1O)C1CCN(C(=O)C2CCCN2C(=O)c2cccs2)CC1. The molecule has 2 N–H and O–H groups in total. The largest absolute Gasteiger partial charge is 0.506 e. The quantitative estimate of drug-likeness (QED) is 0.734. The van der Waals surface area contributed by atoms with Crippen LogP contribution in [0.15, 0.2) is 41.8 Å². The number of phenolic OH excluding ortho intramolecular Hbond substituents is 1. The number of benzene rings is 1. The number of carbonyl (C=O) groups is 3. The fourth-order valence-electron chi connectivity index (χ4n) is 4.20. The first-order valence-corrected chi connectivity index (χ1v) is 11.1. The molecular weight excluding hydrogens is 402 g/mol. The highest BCUT2D eigenvalue weighted by atomic mass is 32.1. The van der Waals surface area contributed by atoms with Crippen LogP contribution in [0.4, 0.5) is 5.69 Å². The number of aromatic hydroxyl groups is 1. The fourth-order valence-corrected chi connectivity index (χ4v) is 4.87. The van der Waals surface area contributed by atoms with E-state index in [0.717, 1.165) is 6.42 Å². The van der Waals surface area contributed by atoms with E-state index in [-0.39, 0.29) is 29.4 Å². The minimum absolute atomic E-state index is 0.0167. The highest BCUT2D eigenvalue weighted by molar-refractivity contribution is 7.12. The topological polar surface area (TPSA) is 89.9 Å². The van der Waals surface area contributed by atoms with Crippen molar-refractivity contribution in [2.45, 2.75) is 31.7 Å². The van der Waals surface area contributed by atoms with Gasteiger partial charge in [-0.3, -0.25) is 14.4 Å². The number of phenols is 1. The van der Waals surface area contributed by atoms with Gasteiger partial charge in [-0.1, -0.05) is 18.2 Å². The fraction of sp³-hybridized carbons (Fsp3) is 0.409. The van der Waals surface area contributed by atoms with Gasteiger partial charge in [0.25, 0.3) is 5.91 Å². The summed E-state index contributed by atoms with van der Waals surface area (Å²) in [6.45, 7) is 1.59. The molecule has 2 aromatic rings. The van der Waals surface area contributed by atoms with Crippen molar-refractivity contribution in [3.05, 3.63) is 46.7 Å². The Morgan fingerprint density at radius 1 is 1.00 bits per heavy atom. The molecule has 1 aromatic carbocycles. The maximum atomic E-state index is 13.1. The highest BCUT2D eigenvalue weighted by Crippen LogP contribution is 2.27. The lowest BCUT2D eigenvalue weighted by Gasteiger charge is -2.35. The average Bonchev–Trinajstić information content (AvgIpc) is 3.47. The van der Waals surface area contributed by atoms with Crippen LogP contribution in [-0.2, 0) is 9.59 Å². The second-order valence-electron chi connectivity index (χ2n) is 7.74. The zero-order chi connectivity index (χ0) is 21.1. The number of nitrogens with zero attached hydrogens (tertiary/aromatic N) is 2. The summed E-state index contributed by atoms with van der Waals surface area (Å²) in [4.78, 5) is 42.5. The predicted octanol–water partition coefficient (Wildman–Crippen LogP) is 2.94. The van der Waals surface area contributed by atoms with E-state index in [9.17, 15) is 19.5 Å². The Balaban J connectivity index is 1.33. The van der Waals surface area contributed by atoms with Gasteiger partial charge in [0.15, 0.2) is 0 Å². The van der Waals surface area contributed by atoms with Gasteiger partial charge in [-0.25, -0.2) is 0 Å². The summed E-state index contributed by atoms with van der Waals surface area (Å²) in [5.74, 6) is -0.398. The monoisotopic (exact) mass is 427 g/mol. The van der Waals surface area contributed by atoms with Crippen LogP contribution in [0.3, 0.4) is 0 Å². The van der Waals surface area contributed by atoms with Crippen molar-refractivity contribution in [2.24, 2.45) is 5.92 Å². The van der Waals surface area contributed by atoms with E-state index in [1.807, 2.05) is 11.4 Å². The third-order valence-corrected chi connectivity index (χ3v) is 6.73. The predicted molar refractivity (Wildman–Crippen MR) is 114 cm³/mol. The van der Waals surface area contributed by atoms with Gasteiger partial charge in [0.05, 0.1) is 10.6 Å². The first-order chi connectivity index (χ1) is 14.5. The van der Waals surface area contributed by atoms with Gasteiger partial charge in [0.2, 0.25) is 11.8 Å². The van der Waals surface area contributed by atoms with Crippen LogP contribution in [0.5, 0.6) is 5.75 Å². The third kappa shape index (κ3) is 4.18. The summed E-state index contributed by atoms with van der Waals surface area (Å²) in [6, 6.07) is 9.86. The Hall–Kier alpha value is -2.87. The molecule has 2 fully saturated rings. The minimum Gasteiger partial charge on any atom is -0.506 e. The van der Waals surface area contributed by atoms with E-state index in [1.54, 1.807) is 34.1 Å². The second-order valence-corrected chi connectivity index (χ2v) is 8.69. The van der Waals surface area contributed by atoms with Crippen LogP contribution >= 0.6 is 11.3 Å². The third-order valence-electron chi connectivity index (χ3n) is 5.87. The lowest BCUT2D eigenvalue weighted by molar-refractivity contribution is -0.138. The number of hydrogen-bond acceptors (Lipinski definition) is 5. The second kappa shape index (κ2) is 8.87. The Labute approximate surface area is 179 Å². The molecular formula is C22H25N3O4S. The Kier molecular flexibility index (Phi) is 6.03. The van der Waals surface area contributed by atoms with E-state index >= 15 is 0 Å². The molecule has 2 aliphatic heterocycles. The van der Waals surface area contributed by atoms with E-state index in [0.29, 0.717) is 49.5 Å². The van der Waals surface area contributed by atoms with Crippen molar-refractivity contribution >= 4 is 34.7 Å². The van der Waals surface area contributed by atoms with Gasteiger partial charge in [-0.2, -0.15) is 0 Å². The molecule has 0 bridgehead atoms. The van der Waals surface area contributed by atoms with Gasteiger partial charge < -0.3 is 20.2 Å². The Bertz CT molecular complexity index is 922. The number of nitrogens with one attached hydrogen (secondary N) is 1. The zero-order valence-electron chi connectivity index (χ0n) is 16.6. The lowest BCUT2D eigenvalue weighted by Crippen LogP contribution is -2.50. The summed E-state index contributed by atoms with van der Waals surface area (Å²) in [5, 5.41) is 14.5. The standard InChI is InChI=1S/C22H25N3O4S/c26-18-7-2-1-5-16(18)23-20(27)15-9-12-24(13-10-15)21(28)17-6-3-11-25(17)22(29)19-8-4-14-30-19/h1-2,4-5,7-8,14-15,17,26H,3,6,9-13H2,(H,23,27). The summed E-state index contributed by atoms with van der Waals surface area (Å²) < 4.78 is 0. The highest BCUT2D eigenvalue weighted by Gasteiger charge is 2.38. The summed E-state index contributed by atoms with van der Waals surface area (Å²) in [5.41, 5.74) is 0.398. The maximum Gasteiger partial charge on any atom is 0.264 e. The van der Waals surface area contributed by atoms with Crippen LogP contribution in [0.1, 0.15) is 35.4 Å². The summed E-state index contributed by atoms with van der Waals surface area (Å²) in [7, 11) is 0. The average molecular weight is 428 g/mol. The molecule has 0 aliphatic carbocycles. The molecule has 0 spiro atoms. The van der Waals surface area contributed by atoms with Crippen molar-refractivity contribution in [3.8, 4) is 5.75 Å². The van der Waals surface area contributed by atoms with Gasteiger partial charge in [0, 0.05) is 25.6 Å². The van der Waals surface area contributed by atoms with Crippen molar-refractivity contribution in [2.75, 3.05) is 25.0 Å².